The Hall–Kier alpha value is -0.0400. The molecule has 72 valence electrons. The van der Waals surface area contributed by atoms with Crippen molar-refractivity contribution >= 4 is 0 Å². The first kappa shape index (κ1) is 10.0. The van der Waals surface area contributed by atoms with Gasteiger partial charge in [0.1, 0.15) is 0 Å². The fraction of sp³-hybridized carbons (Fsp3) is 1.00. The third-order valence-corrected chi connectivity index (χ3v) is 3.42. The van der Waals surface area contributed by atoms with Gasteiger partial charge in [-0.1, -0.05) is 27.2 Å². The lowest BCUT2D eigenvalue weighted by molar-refractivity contribution is 0.0186. The molecular formula is C11H22O. The molecule has 1 heteroatoms. The predicted molar refractivity (Wildman–Crippen MR) is 52.1 cm³/mol. The summed E-state index contributed by atoms with van der Waals surface area (Å²) in [5.41, 5.74) is 0.118. The van der Waals surface area contributed by atoms with Crippen LogP contribution in [0.3, 0.4) is 0 Å². The molecule has 0 spiro atoms. The van der Waals surface area contributed by atoms with E-state index in [9.17, 15) is 5.11 Å². The van der Waals surface area contributed by atoms with Crippen LogP contribution in [-0.2, 0) is 0 Å². The SMILES string of the molecule is CCC1(O)CCCC(C)(C)CC1. The van der Waals surface area contributed by atoms with Gasteiger partial charge < -0.3 is 5.11 Å². The van der Waals surface area contributed by atoms with Crippen LogP contribution < -0.4 is 0 Å². The molecule has 1 fully saturated rings. The maximum atomic E-state index is 10.1. The highest BCUT2D eigenvalue weighted by Crippen LogP contribution is 2.39. The zero-order chi connectivity index (χ0) is 9.24. The molecule has 0 aromatic carbocycles. The fourth-order valence-corrected chi connectivity index (χ4v) is 2.07. The van der Waals surface area contributed by atoms with Crippen LogP contribution in [0.1, 0.15) is 59.3 Å². The molecule has 0 heterocycles. The second kappa shape index (κ2) is 3.37. The van der Waals surface area contributed by atoms with Crippen LogP contribution in [0.15, 0.2) is 0 Å². The second-order valence-corrected chi connectivity index (χ2v) is 5.10. The first-order chi connectivity index (χ1) is 5.47. The standard InChI is InChI=1S/C11H22O/c1-4-11(12)7-5-6-10(2,3)8-9-11/h12H,4-9H2,1-3H3. The van der Waals surface area contributed by atoms with Crippen LogP contribution in [0.5, 0.6) is 0 Å². The molecule has 1 aliphatic carbocycles. The fourth-order valence-electron chi connectivity index (χ4n) is 2.07. The van der Waals surface area contributed by atoms with Gasteiger partial charge >= 0.3 is 0 Å². The number of aliphatic hydroxyl groups is 1. The summed E-state index contributed by atoms with van der Waals surface area (Å²) in [6.07, 6.45) is 6.57. The Morgan fingerprint density at radius 1 is 1.08 bits per heavy atom. The summed E-state index contributed by atoms with van der Waals surface area (Å²) in [5, 5.41) is 10.1. The first-order valence-corrected chi connectivity index (χ1v) is 5.20. The molecule has 1 rings (SSSR count). The van der Waals surface area contributed by atoms with Crippen LogP contribution in [0, 0.1) is 5.41 Å². The summed E-state index contributed by atoms with van der Waals surface area (Å²) in [4.78, 5) is 0. The zero-order valence-electron chi connectivity index (χ0n) is 8.69. The normalized spacial score (nSPS) is 36.0. The van der Waals surface area contributed by atoms with Crippen molar-refractivity contribution in [2.75, 3.05) is 0 Å². The minimum atomic E-state index is -0.340. The van der Waals surface area contributed by atoms with Gasteiger partial charge in [0.15, 0.2) is 0 Å². The maximum absolute atomic E-state index is 10.1. The highest BCUT2D eigenvalue weighted by Gasteiger charge is 2.31. The van der Waals surface area contributed by atoms with E-state index in [2.05, 4.69) is 20.8 Å². The van der Waals surface area contributed by atoms with Crippen molar-refractivity contribution in [3.63, 3.8) is 0 Å². The lowest BCUT2D eigenvalue weighted by atomic mass is 9.84. The number of rotatable bonds is 1. The van der Waals surface area contributed by atoms with Gasteiger partial charge in [0.2, 0.25) is 0 Å². The van der Waals surface area contributed by atoms with E-state index >= 15 is 0 Å². The highest BCUT2D eigenvalue weighted by atomic mass is 16.3. The zero-order valence-corrected chi connectivity index (χ0v) is 8.69. The van der Waals surface area contributed by atoms with Gasteiger partial charge in [-0.05, 0) is 37.5 Å². The number of hydrogen-bond donors (Lipinski definition) is 1. The molecule has 0 aromatic heterocycles. The van der Waals surface area contributed by atoms with E-state index in [1.165, 1.54) is 19.3 Å². The van der Waals surface area contributed by atoms with Crippen LogP contribution in [-0.4, -0.2) is 10.7 Å². The molecule has 1 saturated carbocycles. The third kappa shape index (κ3) is 2.48. The Bertz CT molecular complexity index is 151. The van der Waals surface area contributed by atoms with Crippen molar-refractivity contribution in [1.82, 2.24) is 0 Å². The molecule has 0 aromatic rings. The molecule has 0 saturated heterocycles. The molecule has 0 amide bonds. The lowest BCUT2D eigenvalue weighted by Crippen LogP contribution is -2.26. The van der Waals surface area contributed by atoms with Gasteiger partial charge in [-0.15, -0.1) is 0 Å². The molecular weight excluding hydrogens is 148 g/mol. The maximum Gasteiger partial charge on any atom is 0.0645 e. The third-order valence-electron chi connectivity index (χ3n) is 3.42. The van der Waals surface area contributed by atoms with Gasteiger partial charge in [0, 0.05) is 0 Å². The van der Waals surface area contributed by atoms with E-state index in [0.717, 1.165) is 19.3 Å². The smallest absolute Gasteiger partial charge is 0.0645 e. The summed E-state index contributed by atoms with van der Waals surface area (Å²) in [6, 6.07) is 0. The van der Waals surface area contributed by atoms with Crippen molar-refractivity contribution in [2.24, 2.45) is 5.41 Å². The monoisotopic (exact) mass is 170 g/mol. The molecule has 1 nitrogen and oxygen atoms in total. The van der Waals surface area contributed by atoms with Gasteiger partial charge in [-0.3, -0.25) is 0 Å². The molecule has 0 aliphatic heterocycles. The summed E-state index contributed by atoms with van der Waals surface area (Å²) in [5.74, 6) is 0. The summed E-state index contributed by atoms with van der Waals surface area (Å²) < 4.78 is 0. The summed E-state index contributed by atoms with van der Waals surface area (Å²) in [6.45, 7) is 6.72. The number of hydrogen-bond acceptors (Lipinski definition) is 1. The van der Waals surface area contributed by atoms with Crippen molar-refractivity contribution in [1.29, 1.82) is 0 Å². The van der Waals surface area contributed by atoms with Gasteiger partial charge in [0.25, 0.3) is 0 Å². The molecule has 0 bridgehead atoms. The van der Waals surface area contributed by atoms with Crippen LogP contribution >= 0.6 is 0 Å². The highest BCUT2D eigenvalue weighted by molar-refractivity contribution is 4.85. The van der Waals surface area contributed by atoms with E-state index in [4.69, 9.17) is 0 Å². The Morgan fingerprint density at radius 2 is 1.75 bits per heavy atom. The van der Waals surface area contributed by atoms with Crippen LogP contribution in [0.2, 0.25) is 0 Å². The molecule has 1 N–H and O–H groups in total. The Kier molecular flexibility index (Phi) is 2.82. The molecule has 1 unspecified atom stereocenters. The quantitative estimate of drug-likeness (QED) is 0.599. The van der Waals surface area contributed by atoms with E-state index in [-0.39, 0.29) is 5.60 Å². The Morgan fingerprint density at radius 3 is 2.33 bits per heavy atom. The largest absolute Gasteiger partial charge is 0.390 e. The van der Waals surface area contributed by atoms with E-state index in [0.29, 0.717) is 5.41 Å². The van der Waals surface area contributed by atoms with Crippen LogP contribution in [0.25, 0.3) is 0 Å². The predicted octanol–water partition coefficient (Wildman–Crippen LogP) is 3.12. The van der Waals surface area contributed by atoms with Crippen molar-refractivity contribution in [2.45, 2.75) is 64.9 Å². The molecule has 0 radical (unpaired) electrons. The van der Waals surface area contributed by atoms with Crippen molar-refractivity contribution < 1.29 is 5.11 Å². The molecule has 1 atom stereocenters. The van der Waals surface area contributed by atoms with E-state index in [1.807, 2.05) is 0 Å². The lowest BCUT2D eigenvalue weighted by Gasteiger charge is -2.26. The Balaban J connectivity index is 2.56. The topological polar surface area (TPSA) is 20.2 Å². The van der Waals surface area contributed by atoms with Gasteiger partial charge in [-0.25, -0.2) is 0 Å². The van der Waals surface area contributed by atoms with E-state index < -0.39 is 0 Å². The summed E-state index contributed by atoms with van der Waals surface area (Å²) in [7, 11) is 0. The summed E-state index contributed by atoms with van der Waals surface area (Å²) >= 11 is 0. The van der Waals surface area contributed by atoms with Gasteiger partial charge in [-0.2, -0.15) is 0 Å². The van der Waals surface area contributed by atoms with Crippen LogP contribution in [0.4, 0.5) is 0 Å². The Labute approximate surface area is 76.2 Å². The molecule has 12 heavy (non-hydrogen) atoms. The average Bonchev–Trinajstić information content (AvgIpc) is 2.13. The van der Waals surface area contributed by atoms with E-state index in [1.54, 1.807) is 0 Å². The van der Waals surface area contributed by atoms with Crippen molar-refractivity contribution in [3.8, 4) is 0 Å². The average molecular weight is 170 g/mol. The minimum Gasteiger partial charge on any atom is -0.390 e. The minimum absolute atomic E-state index is 0.340. The first-order valence-electron chi connectivity index (χ1n) is 5.20. The van der Waals surface area contributed by atoms with Crippen molar-refractivity contribution in [3.05, 3.63) is 0 Å². The second-order valence-electron chi connectivity index (χ2n) is 5.10. The van der Waals surface area contributed by atoms with Gasteiger partial charge in [0.05, 0.1) is 5.60 Å². The molecule has 1 aliphatic rings.